The number of likely N-dealkylation sites (tertiary alicyclic amines) is 1. The van der Waals surface area contributed by atoms with Crippen molar-refractivity contribution in [1.82, 2.24) is 4.90 Å². The third kappa shape index (κ3) is 1.32. The van der Waals surface area contributed by atoms with Gasteiger partial charge in [-0.3, -0.25) is 4.79 Å². The van der Waals surface area contributed by atoms with Crippen molar-refractivity contribution in [1.29, 1.82) is 0 Å². The molecule has 68 valence electrons. The molecule has 2 heterocycles. The second-order valence-corrected chi connectivity index (χ2v) is 3.40. The van der Waals surface area contributed by atoms with Crippen molar-refractivity contribution in [3.8, 4) is 0 Å². The van der Waals surface area contributed by atoms with Gasteiger partial charge in [0.25, 0.3) is 0 Å². The smallest absolute Gasteiger partial charge is 0.224 e. The minimum atomic E-state index is -0.546. The normalized spacial score (nSPS) is 27.4. The van der Waals surface area contributed by atoms with Crippen LogP contribution in [0.1, 0.15) is 13.3 Å². The molecule has 0 aromatic heterocycles. The molecule has 2 fully saturated rings. The monoisotopic (exact) mass is 171 g/mol. The maximum absolute atomic E-state index is 11.0. The van der Waals surface area contributed by atoms with E-state index in [9.17, 15) is 4.79 Å². The van der Waals surface area contributed by atoms with Gasteiger partial charge in [0.2, 0.25) is 5.91 Å². The van der Waals surface area contributed by atoms with Gasteiger partial charge >= 0.3 is 0 Å². The summed E-state index contributed by atoms with van der Waals surface area (Å²) >= 11 is 0. The first-order chi connectivity index (χ1) is 5.70. The predicted octanol–water partition coefficient (Wildman–Crippen LogP) is -0.0183. The molecule has 2 aliphatic rings. The van der Waals surface area contributed by atoms with E-state index in [4.69, 9.17) is 9.47 Å². The fraction of sp³-hybridized carbons (Fsp3) is 0.875. The first-order valence-corrected chi connectivity index (χ1v) is 4.25. The Morgan fingerprint density at radius 3 is 2.58 bits per heavy atom. The van der Waals surface area contributed by atoms with Gasteiger partial charge in [-0.1, -0.05) is 0 Å². The summed E-state index contributed by atoms with van der Waals surface area (Å²) in [6.45, 7) is 4.58. The number of β-lactam (4-membered cyclic amide) rings is 1. The van der Waals surface area contributed by atoms with E-state index in [1.807, 2.05) is 6.92 Å². The van der Waals surface area contributed by atoms with E-state index in [2.05, 4.69) is 0 Å². The quantitative estimate of drug-likeness (QED) is 0.548. The van der Waals surface area contributed by atoms with Gasteiger partial charge in [-0.2, -0.15) is 0 Å². The Morgan fingerprint density at radius 1 is 1.50 bits per heavy atom. The highest BCUT2D eigenvalue weighted by atomic mass is 16.7. The second kappa shape index (κ2) is 2.71. The van der Waals surface area contributed by atoms with Crippen molar-refractivity contribution >= 4 is 5.91 Å². The molecule has 4 heteroatoms. The lowest BCUT2D eigenvalue weighted by Crippen LogP contribution is -2.51. The molecule has 2 saturated heterocycles. The maximum atomic E-state index is 11.0. The van der Waals surface area contributed by atoms with Crippen LogP contribution in [-0.4, -0.2) is 42.9 Å². The van der Waals surface area contributed by atoms with Crippen LogP contribution in [-0.2, 0) is 14.3 Å². The Hall–Kier alpha value is -0.610. The highest BCUT2D eigenvalue weighted by Gasteiger charge is 2.37. The molecule has 0 bridgehead atoms. The highest BCUT2D eigenvalue weighted by Crippen LogP contribution is 2.22. The summed E-state index contributed by atoms with van der Waals surface area (Å²) in [5.74, 6) is -0.342. The van der Waals surface area contributed by atoms with Gasteiger partial charge in [0.1, 0.15) is 0 Å². The molecule has 4 nitrogen and oxygen atoms in total. The van der Waals surface area contributed by atoms with Gasteiger partial charge in [0.15, 0.2) is 5.79 Å². The standard InChI is InChI=1S/C8H13NO3/c1-8(11-4-5-12-8)6-9-3-2-7(9)10/h2-6H2,1H3. The average molecular weight is 171 g/mol. The molecule has 0 aromatic rings. The molecule has 0 radical (unpaired) electrons. The molecule has 0 atom stereocenters. The molecule has 2 rings (SSSR count). The van der Waals surface area contributed by atoms with Crippen molar-refractivity contribution in [3.63, 3.8) is 0 Å². The molecule has 0 aromatic carbocycles. The summed E-state index contributed by atoms with van der Waals surface area (Å²) in [7, 11) is 0. The van der Waals surface area contributed by atoms with Crippen LogP contribution in [0.15, 0.2) is 0 Å². The third-order valence-corrected chi connectivity index (χ3v) is 2.32. The molecule has 0 saturated carbocycles. The third-order valence-electron chi connectivity index (χ3n) is 2.32. The van der Waals surface area contributed by atoms with Gasteiger partial charge < -0.3 is 14.4 Å². The average Bonchev–Trinajstić information content (AvgIpc) is 2.46. The van der Waals surface area contributed by atoms with Crippen molar-refractivity contribution in [2.75, 3.05) is 26.3 Å². The highest BCUT2D eigenvalue weighted by molar-refractivity contribution is 5.81. The molecule has 0 aliphatic carbocycles. The Kier molecular flexibility index (Phi) is 1.81. The van der Waals surface area contributed by atoms with Gasteiger partial charge in [0, 0.05) is 13.0 Å². The topological polar surface area (TPSA) is 38.8 Å². The molecule has 2 aliphatic heterocycles. The molecule has 1 amide bonds. The number of nitrogens with zero attached hydrogens (tertiary/aromatic N) is 1. The molecular weight excluding hydrogens is 158 g/mol. The van der Waals surface area contributed by atoms with Crippen LogP contribution in [0.4, 0.5) is 0 Å². The van der Waals surface area contributed by atoms with Crippen LogP contribution in [0.3, 0.4) is 0 Å². The Morgan fingerprint density at radius 2 is 2.17 bits per heavy atom. The van der Waals surface area contributed by atoms with E-state index in [1.54, 1.807) is 4.90 Å². The van der Waals surface area contributed by atoms with Crippen LogP contribution < -0.4 is 0 Å². The fourth-order valence-corrected chi connectivity index (χ4v) is 1.52. The number of carbonyl (C=O) groups is 1. The lowest BCUT2D eigenvalue weighted by atomic mass is 10.1. The number of hydrogen-bond donors (Lipinski definition) is 0. The summed E-state index contributed by atoms with van der Waals surface area (Å²) in [4.78, 5) is 12.7. The summed E-state index contributed by atoms with van der Waals surface area (Å²) < 4.78 is 10.8. The number of ether oxygens (including phenoxy) is 2. The zero-order valence-electron chi connectivity index (χ0n) is 7.21. The fourth-order valence-electron chi connectivity index (χ4n) is 1.52. The minimum absolute atomic E-state index is 0.204. The molecule has 0 N–H and O–H groups in total. The second-order valence-electron chi connectivity index (χ2n) is 3.40. The lowest BCUT2D eigenvalue weighted by Gasteiger charge is -2.36. The summed E-state index contributed by atoms with van der Waals surface area (Å²) in [5, 5.41) is 0. The largest absolute Gasteiger partial charge is 0.346 e. The van der Waals surface area contributed by atoms with Crippen LogP contribution in [0.2, 0.25) is 0 Å². The number of rotatable bonds is 2. The summed E-state index contributed by atoms with van der Waals surface area (Å²) in [5.41, 5.74) is 0. The first-order valence-electron chi connectivity index (χ1n) is 4.25. The minimum Gasteiger partial charge on any atom is -0.346 e. The summed E-state index contributed by atoms with van der Waals surface area (Å²) in [6, 6.07) is 0. The zero-order valence-corrected chi connectivity index (χ0v) is 7.21. The van der Waals surface area contributed by atoms with E-state index in [1.165, 1.54) is 0 Å². The van der Waals surface area contributed by atoms with Crippen LogP contribution in [0.25, 0.3) is 0 Å². The lowest BCUT2D eigenvalue weighted by molar-refractivity contribution is -0.174. The molecule has 0 spiro atoms. The predicted molar refractivity (Wildman–Crippen MR) is 41.5 cm³/mol. The first kappa shape index (κ1) is 8.01. The Bertz CT molecular complexity index is 198. The molecule has 12 heavy (non-hydrogen) atoms. The van der Waals surface area contributed by atoms with Crippen molar-refractivity contribution in [2.45, 2.75) is 19.1 Å². The summed E-state index contributed by atoms with van der Waals surface area (Å²) in [6.07, 6.45) is 0.677. The van der Waals surface area contributed by atoms with Crippen molar-refractivity contribution in [2.24, 2.45) is 0 Å². The van der Waals surface area contributed by atoms with Crippen molar-refractivity contribution in [3.05, 3.63) is 0 Å². The van der Waals surface area contributed by atoms with Crippen LogP contribution in [0.5, 0.6) is 0 Å². The van der Waals surface area contributed by atoms with Gasteiger partial charge in [-0.25, -0.2) is 0 Å². The SMILES string of the molecule is CC1(CN2CCC2=O)OCCO1. The van der Waals surface area contributed by atoms with Gasteiger partial charge in [-0.15, -0.1) is 0 Å². The van der Waals surface area contributed by atoms with E-state index >= 15 is 0 Å². The number of hydrogen-bond acceptors (Lipinski definition) is 3. The number of amides is 1. The van der Waals surface area contributed by atoms with Crippen LogP contribution in [0, 0.1) is 0 Å². The Labute approximate surface area is 71.4 Å². The van der Waals surface area contributed by atoms with Crippen molar-refractivity contribution < 1.29 is 14.3 Å². The van der Waals surface area contributed by atoms with E-state index in [0.717, 1.165) is 6.54 Å². The Balaban J connectivity index is 1.88. The van der Waals surface area contributed by atoms with Gasteiger partial charge in [-0.05, 0) is 6.92 Å². The van der Waals surface area contributed by atoms with E-state index in [-0.39, 0.29) is 5.91 Å². The number of carbonyl (C=O) groups excluding carboxylic acids is 1. The van der Waals surface area contributed by atoms with E-state index < -0.39 is 5.79 Å². The zero-order chi connectivity index (χ0) is 8.60. The van der Waals surface area contributed by atoms with Gasteiger partial charge in [0.05, 0.1) is 19.8 Å². The van der Waals surface area contributed by atoms with E-state index in [0.29, 0.717) is 26.2 Å². The maximum Gasteiger partial charge on any atom is 0.224 e. The molecular formula is C8H13NO3. The molecule has 0 unspecified atom stereocenters. The van der Waals surface area contributed by atoms with Crippen LogP contribution >= 0.6 is 0 Å².